The average Bonchev–Trinajstić information content (AvgIpc) is 2.65. The molecule has 1 aliphatic rings. The highest BCUT2D eigenvalue weighted by Gasteiger charge is 2.29. The fraction of sp³-hybridized carbons (Fsp3) is 0.769. The molecule has 0 spiro atoms. The Balaban J connectivity index is 2.47. The maximum absolute atomic E-state index is 11.5. The number of amides is 2. The van der Waals surface area contributed by atoms with Gasteiger partial charge in [-0.1, -0.05) is 0 Å². The van der Waals surface area contributed by atoms with Crippen LogP contribution < -0.4 is 0 Å². The fourth-order valence-corrected chi connectivity index (χ4v) is 1.99. The summed E-state index contributed by atoms with van der Waals surface area (Å²) in [5.74, 6) is -0.523. The highest BCUT2D eigenvalue weighted by Crippen LogP contribution is 2.11. The first-order valence-corrected chi connectivity index (χ1v) is 6.68. The predicted molar refractivity (Wildman–Crippen MR) is 69.3 cm³/mol. The van der Waals surface area contributed by atoms with Crippen molar-refractivity contribution in [3.63, 3.8) is 0 Å². The molecular weight excluding hydrogens is 248 g/mol. The maximum atomic E-state index is 11.5. The summed E-state index contributed by atoms with van der Waals surface area (Å²) in [5, 5.41) is 0. The standard InChI is InChI=1S/C13H22N2O4/c1-4-19-13(18)9-14(10(2)3)7-8-15-11(16)5-6-12(15)17/h10H,4-9H2,1-3H3. The summed E-state index contributed by atoms with van der Waals surface area (Å²) in [7, 11) is 0. The number of esters is 1. The van der Waals surface area contributed by atoms with Gasteiger partial charge in [0.15, 0.2) is 0 Å². The van der Waals surface area contributed by atoms with Gasteiger partial charge in [0, 0.05) is 32.0 Å². The monoisotopic (exact) mass is 270 g/mol. The van der Waals surface area contributed by atoms with E-state index in [4.69, 9.17) is 4.74 Å². The predicted octanol–water partition coefficient (Wildman–Crippen LogP) is 0.409. The van der Waals surface area contributed by atoms with E-state index in [1.165, 1.54) is 4.90 Å². The first kappa shape index (κ1) is 15.6. The first-order valence-electron chi connectivity index (χ1n) is 6.68. The smallest absolute Gasteiger partial charge is 0.320 e. The molecule has 1 rings (SSSR count). The van der Waals surface area contributed by atoms with E-state index in [1.807, 2.05) is 18.7 Å². The summed E-state index contributed by atoms with van der Waals surface area (Å²) in [6.45, 7) is 7.07. The summed E-state index contributed by atoms with van der Waals surface area (Å²) in [4.78, 5) is 37.6. The first-order chi connectivity index (χ1) is 8.95. The average molecular weight is 270 g/mol. The molecule has 2 amide bonds. The second kappa shape index (κ2) is 7.23. The van der Waals surface area contributed by atoms with Gasteiger partial charge in [0.1, 0.15) is 0 Å². The molecule has 108 valence electrons. The molecule has 0 aromatic carbocycles. The largest absolute Gasteiger partial charge is 0.465 e. The van der Waals surface area contributed by atoms with E-state index in [9.17, 15) is 14.4 Å². The second-order valence-electron chi connectivity index (χ2n) is 4.81. The van der Waals surface area contributed by atoms with Crippen molar-refractivity contribution in [1.29, 1.82) is 0 Å². The lowest BCUT2D eigenvalue weighted by Crippen LogP contribution is -2.43. The van der Waals surface area contributed by atoms with Crippen molar-refractivity contribution < 1.29 is 19.1 Å². The molecule has 1 heterocycles. The molecule has 0 atom stereocenters. The molecule has 1 aliphatic heterocycles. The highest BCUT2D eigenvalue weighted by molar-refractivity contribution is 6.01. The van der Waals surface area contributed by atoms with Crippen LogP contribution >= 0.6 is 0 Å². The molecule has 0 aromatic rings. The Kier molecular flexibility index (Phi) is 5.95. The Morgan fingerprint density at radius 2 is 1.89 bits per heavy atom. The molecule has 1 saturated heterocycles. The third-order valence-electron chi connectivity index (χ3n) is 3.13. The van der Waals surface area contributed by atoms with Crippen LogP contribution in [0.1, 0.15) is 33.6 Å². The summed E-state index contributed by atoms with van der Waals surface area (Å²) in [6.07, 6.45) is 0.608. The van der Waals surface area contributed by atoms with Gasteiger partial charge < -0.3 is 4.74 Å². The third-order valence-corrected chi connectivity index (χ3v) is 3.13. The van der Waals surface area contributed by atoms with Crippen molar-refractivity contribution in [2.24, 2.45) is 0 Å². The van der Waals surface area contributed by atoms with E-state index in [1.54, 1.807) is 6.92 Å². The van der Waals surface area contributed by atoms with Crippen molar-refractivity contribution in [2.75, 3.05) is 26.2 Å². The molecule has 1 fully saturated rings. The number of likely N-dealkylation sites (tertiary alicyclic amines) is 1. The minimum Gasteiger partial charge on any atom is -0.465 e. The Morgan fingerprint density at radius 1 is 1.32 bits per heavy atom. The minimum atomic E-state index is -0.282. The maximum Gasteiger partial charge on any atom is 0.320 e. The van der Waals surface area contributed by atoms with E-state index in [-0.39, 0.29) is 30.4 Å². The van der Waals surface area contributed by atoms with Crippen LogP contribution in [0.5, 0.6) is 0 Å². The van der Waals surface area contributed by atoms with Gasteiger partial charge in [-0.05, 0) is 20.8 Å². The molecule has 6 nitrogen and oxygen atoms in total. The van der Waals surface area contributed by atoms with Crippen molar-refractivity contribution in [3.05, 3.63) is 0 Å². The van der Waals surface area contributed by atoms with Crippen molar-refractivity contribution >= 4 is 17.8 Å². The molecule has 0 N–H and O–H groups in total. The van der Waals surface area contributed by atoms with Gasteiger partial charge in [-0.25, -0.2) is 0 Å². The van der Waals surface area contributed by atoms with Gasteiger partial charge in [0.25, 0.3) is 0 Å². The molecule has 0 radical (unpaired) electrons. The number of carbonyl (C=O) groups excluding carboxylic acids is 3. The van der Waals surface area contributed by atoms with Gasteiger partial charge >= 0.3 is 5.97 Å². The molecule has 0 unspecified atom stereocenters. The van der Waals surface area contributed by atoms with E-state index >= 15 is 0 Å². The SMILES string of the molecule is CCOC(=O)CN(CCN1C(=O)CCC1=O)C(C)C. The van der Waals surface area contributed by atoms with Crippen molar-refractivity contribution in [1.82, 2.24) is 9.80 Å². The summed E-state index contributed by atoms with van der Waals surface area (Å²) in [5.41, 5.74) is 0. The lowest BCUT2D eigenvalue weighted by Gasteiger charge is -2.27. The number of rotatable bonds is 7. The Morgan fingerprint density at radius 3 is 2.37 bits per heavy atom. The number of hydrogen-bond donors (Lipinski definition) is 0. The van der Waals surface area contributed by atoms with Crippen LogP contribution in [0.4, 0.5) is 0 Å². The lowest BCUT2D eigenvalue weighted by atomic mass is 10.3. The van der Waals surface area contributed by atoms with Crippen LogP contribution in [-0.4, -0.2) is 59.9 Å². The van der Waals surface area contributed by atoms with E-state index in [2.05, 4.69) is 0 Å². The van der Waals surface area contributed by atoms with Crippen molar-refractivity contribution in [3.8, 4) is 0 Å². The number of nitrogens with zero attached hydrogens (tertiary/aromatic N) is 2. The van der Waals surface area contributed by atoms with E-state index in [0.29, 0.717) is 32.5 Å². The lowest BCUT2D eigenvalue weighted by molar-refractivity contribution is -0.145. The molecule has 0 aromatic heterocycles. The fourth-order valence-electron chi connectivity index (χ4n) is 1.99. The zero-order valence-corrected chi connectivity index (χ0v) is 11.8. The molecule has 0 aliphatic carbocycles. The highest BCUT2D eigenvalue weighted by atomic mass is 16.5. The second-order valence-corrected chi connectivity index (χ2v) is 4.81. The van der Waals surface area contributed by atoms with Crippen LogP contribution in [0.2, 0.25) is 0 Å². The van der Waals surface area contributed by atoms with Gasteiger partial charge in [0.05, 0.1) is 13.2 Å². The minimum absolute atomic E-state index is 0.121. The Labute approximate surface area is 113 Å². The number of imide groups is 1. The van der Waals surface area contributed by atoms with Gasteiger partial charge in [0.2, 0.25) is 11.8 Å². The third kappa shape index (κ3) is 4.63. The quantitative estimate of drug-likeness (QED) is 0.495. The van der Waals surface area contributed by atoms with Crippen LogP contribution in [0.25, 0.3) is 0 Å². The summed E-state index contributed by atoms with van der Waals surface area (Å²) < 4.78 is 4.91. The summed E-state index contributed by atoms with van der Waals surface area (Å²) >= 11 is 0. The molecule has 6 heteroatoms. The van der Waals surface area contributed by atoms with Crippen LogP contribution in [-0.2, 0) is 19.1 Å². The zero-order valence-electron chi connectivity index (χ0n) is 11.8. The van der Waals surface area contributed by atoms with Gasteiger partial charge in [-0.15, -0.1) is 0 Å². The summed E-state index contributed by atoms with van der Waals surface area (Å²) in [6, 6.07) is 0.150. The molecule has 0 bridgehead atoms. The zero-order chi connectivity index (χ0) is 14.4. The number of hydrogen-bond acceptors (Lipinski definition) is 5. The molecule has 0 saturated carbocycles. The van der Waals surface area contributed by atoms with E-state index in [0.717, 1.165) is 0 Å². The van der Waals surface area contributed by atoms with Crippen molar-refractivity contribution in [2.45, 2.75) is 39.7 Å². The van der Waals surface area contributed by atoms with Crippen LogP contribution in [0.3, 0.4) is 0 Å². The van der Waals surface area contributed by atoms with Gasteiger partial charge in [-0.2, -0.15) is 0 Å². The molecular formula is C13H22N2O4. The van der Waals surface area contributed by atoms with E-state index < -0.39 is 0 Å². The number of ether oxygens (including phenoxy) is 1. The number of carbonyl (C=O) groups is 3. The van der Waals surface area contributed by atoms with Gasteiger partial charge in [-0.3, -0.25) is 24.2 Å². The topological polar surface area (TPSA) is 66.9 Å². The van der Waals surface area contributed by atoms with Crippen LogP contribution in [0.15, 0.2) is 0 Å². The Bertz CT molecular complexity index is 339. The van der Waals surface area contributed by atoms with Crippen LogP contribution in [0, 0.1) is 0 Å². The normalized spacial score (nSPS) is 15.7. The molecule has 19 heavy (non-hydrogen) atoms. The Hall–Kier alpha value is -1.43.